The van der Waals surface area contributed by atoms with E-state index in [1.165, 1.54) is 0 Å². The zero-order valence-electron chi connectivity index (χ0n) is 10.3. The van der Waals surface area contributed by atoms with Crippen molar-refractivity contribution in [2.24, 2.45) is 0 Å². The van der Waals surface area contributed by atoms with Crippen molar-refractivity contribution < 1.29 is 10.2 Å². The van der Waals surface area contributed by atoms with Gasteiger partial charge in [-0.3, -0.25) is 0 Å². The van der Waals surface area contributed by atoms with Crippen LogP contribution in [0.2, 0.25) is 0 Å². The number of aromatic nitrogens is 2. The first-order valence-electron chi connectivity index (χ1n) is 5.78. The van der Waals surface area contributed by atoms with Crippen LogP contribution in [0.3, 0.4) is 0 Å². The molecule has 1 rings (SSSR count). The predicted octanol–water partition coefficient (Wildman–Crippen LogP) is 0.236. The van der Waals surface area contributed by atoms with Crippen molar-refractivity contribution in [3.63, 3.8) is 0 Å². The summed E-state index contributed by atoms with van der Waals surface area (Å²) in [6.07, 6.45) is 1.01. The van der Waals surface area contributed by atoms with Crippen LogP contribution < -0.4 is 10.6 Å². The van der Waals surface area contributed by atoms with Crippen molar-refractivity contribution in [3.05, 3.63) is 11.9 Å². The molecule has 0 aliphatic heterocycles. The molecule has 6 heteroatoms. The van der Waals surface area contributed by atoms with Crippen LogP contribution in [0.5, 0.6) is 0 Å². The van der Waals surface area contributed by atoms with Crippen LogP contribution in [0.4, 0.5) is 11.6 Å². The van der Waals surface area contributed by atoms with Crippen molar-refractivity contribution in [1.82, 2.24) is 9.97 Å². The Morgan fingerprint density at radius 3 is 2.65 bits per heavy atom. The zero-order chi connectivity index (χ0) is 12.7. The molecule has 0 saturated carbocycles. The normalized spacial score (nSPS) is 12.2. The van der Waals surface area contributed by atoms with E-state index in [1.54, 1.807) is 13.1 Å². The lowest BCUT2D eigenvalue weighted by Gasteiger charge is -2.11. The molecule has 0 aliphatic rings. The Bertz CT molecular complexity index is 346. The minimum Gasteiger partial charge on any atom is -0.394 e. The third-order valence-corrected chi connectivity index (χ3v) is 2.23. The second kappa shape index (κ2) is 7.03. The maximum absolute atomic E-state index is 9.25. The number of hydrogen-bond donors (Lipinski definition) is 4. The lowest BCUT2D eigenvalue weighted by Crippen LogP contribution is -2.23. The van der Waals surface area contributed by atoms with Gasteiger partial charge >= 0.3 is 0 Å². The Hall–Kier alpha value is -1.40. The third kappa shape index (κ3) is 4.54. The summed E-state index contributed by atoms with van der Waals surface area (Å²) < 4.78 is 0. The highest BCUT2D eigenvalue weighted by molar-refractivity contribution is 5.47. The van der Waals surface area contributed by atoms with E-state index in [-0.39, 0.29) is 13.2 Å². The molecule has 0 bridgehead atoms. The lowest BCUT2D eigenvalue weighted by molar-refractivity contribution is 0.105. The van der Waals surface area contributed by atoms with Crippen LogP contribution >= 0.6 is 0 Å². The Kier molecular flexibility index (Phi) is 5.65. The van der Waals surface area contributed by atoms with Gasteiger partial charge in [-0.1, -0.05) is 6.92 Å². The Morgan fingerprint density at radius 2 is 2.06 bits per heavy atom. The number of rotatable bonds is 7. The van der Waals surface area contributed by atoms with Gasteiger partial charge in [0, 0.05) is 26.1 Å². The van der Waals surface area contributed by atoms with Crippen LogP contribution in [0.25, 0.3) is 0 Å². The number of nitrogens with one attached hydrogen (secondary N) is 2. The smallest absolute Gasteiger partial charge is 0.133 e. The highest BCUT2D eigenvalue weighted by atomic mass is 16.3. The summed E-state index contributed by atoms with van der Waals surface area (Å²) >= 11 is 0. The topological polar surface area (TPSA) is 90.3 Å². The first-order valence-corrected chi connectivity index (χ1v) is 5.78. The third-order valence-electron chi connectivity index (χ3n) is 2.23. The second-order valence-electron chi connectivity index (χ2n) is 3.77. The zero-order valence-corrected chi connectivity index (χ0v) is 10.3. The highest BCUT2D eigenvalue weighted by Gasteiger charge is 2.05. The number of nitrogens with zero attached hydrogens (tertiary/aromatic N) is 2. The molecule has 0 aromatic carbocycles. The molecule has 0 saturated heterocycles. The van der Waals surface area contributed by atoms with Crippen LogP contribution in [0, 0.1) is 0 Å². The van der Waals surface area contributed by atoms with Crippen molar-refractivity contribution in [3.8, 4) is 0 Å². The molecular formula is C11H20N4O2. The molecule has 0 fully saturated rings. The summed E-state index contributed by atoms with van der Waals surface area (Å²) in [6.45, 7) is 2.07. The Balaban J connectivity index is 2.72. The van der Waals surface area contributed by atoms with Gasteiger partial charge < -0.3 is 20.8 Å². The highest BCUT2D eigenvalue weighted by Crippen LogP contribution is 2.11. The first-order chi connectivity index (χ1) is 8.19. The van der Waals surface area contributed by atoms with Gasteiger partial charge in [-0.15, -0.1) is 0 Å². The molecule has 1 unspecified atom stereocenters. The van der Waals surface area contributed by atoms with E-state index in [1.807, 2.05) is 0 Å². The van der Waals surface area contributed by atoms with Gasteiger partial charge in [-0.25, -0.2) is 9.97 Å². The summed E-state index contributed by atoms with van der Waals surface area (Å²) in [7, 11) is 1.80. The summed E-state index contributed by atoms with van der Waals surface area (Å²) in [4.78, 5) is 8.64. The van der Waals surface area contributed by atoms with Gasteiger partial charge in [0.25, 0.3) is 0 Å². The average Bonchev–Trinajstić information content (AvgIpc) is 2.36. The summed E-state index contributed by atoms with van der Waals surface area (Å²) in [5, 5.41) is 23.9. The van der Waals surface area contributed by atoms with Crippen LogP contribution in [0.15, 0.2) is 6.07 Å². The van der Waals surface area contributed by atoms with E-state index in [4.69, 9.17) is 5.11 Å². The Morgan fingerprint density at radius 1 is 1.35 bits per heavy atom. The number of aliphatic hydroxyl groups excluding tert-OH is 2. The van der Waals surface area contributed by atoms with Crippen molar-refractivity contribution >= 4 is 11.6 Å². The second-order valence-corrected chi connectivity index (χ2v) is 3.77. The predicted molar refractivity (Wildman–Crippen MR) is 67.2 cm³/mol. The van der Waals surface area contributed by atoms with Crippen LogP contribution in [0.1, 0.15) is 19.2 Å². The van der Waals surface area contributed by atoms with E-state index in [2.05, 4.69) is 27.5 Å². The van der Waals surface area contributed by atoms with Gasteiger partial charge in [-0.2, -0.15) is 0 Å². The minimum absolute atomic E-state index is 0.265. The first kappa shape index (κ1) is 13.7. The average molecular weight is 240 g/mol. The van der Waals surface area contributed by atoms with E-state index in [0.717, 1.165) is 24.5 Å². The van der Waals surface area contributed by atoms with E-state index >= 15 is 0 Å². The lowest BCUT2D eigenvalue weighted by atomic mass is 10.3. The van der Waals surface area contributed by atoms with Crippen molar-refractivity contribution in [1.29, 1.82) is 0 Å². The van der Waals surface area contributed by atoms with Gasteiger partial charge in [0.2, 0.25) is 0 Å². The monoisotopic (exact) mass is 240 g/mol. The fraction of sp³-hybridized carbons (Fsp3) is 0.636. The molecule has 96 valence electrons. The standard InChI is InChI=1S/C11H20N4O2/c1-3-4-9-14-10(12-2)5-11(15-9)13-6-8(17)7-16/h5,8,16-17H,3-4,6-7H2,1-2H3,(H2,12,13,14,15). The molecule has 17 heavy (non-hydrogen) atoms. The molecule has 1 heterocycles. The molecule has 0 radical (unpaired) electrons. The largest absolute Gasteiger partial charge is 0.394 e. The van der Waals surface area contributed by atoms with Gasteiger partial charge in [0.05, 0.1) is 12.7 Å². The molecule has 1 aromatic rings. The van der Waals surface area contributed by atoms with Gasteiger partial charge in [-0.05, 0) is 6.42 Å². The number of hydrogen-bond acceptors (Lipinski definition) is 6. The molecule has 4 N–H and O–H groups in total. The number of aryl methyl sites for hydroxylation is 1. The summed E-state index contributed by atoms with van der Waals surface area (Å²) in [5.41, 5.74) is 0. The van der Waals surface area contributed by atoms with Crippen molar-refractivity contribution in [2.45, 2.75) is 25.9 Å². The molecule has 0 aliphatic carbocycles. The van der Waals surface area contributed by atoms with Crippen molar-refractivity contribution in [2.75, 3.05) is 30.8 Å². The Labute approximate surface area is 101 Å². The van der Waals surface area contributed by atoms with E-state index in [0.29, 0.717) is 5.82 Å². The summed E-state index contributed by atoms with van der Waals surface area (Å²) in [6, 6.07) is 1.77. The number of aliphatic hydroxyl groups is 2. The van der Waals surface area contributed by atoms with Crippen LogP contribution in [-0.2, 0) is 6.42 Å². The maximum Gasteiger partial charge on any atom is 0.133 e. The molecule has 1 aromatic heterocycles. The fourth-order valence-electron chi connectivity index (χ4n) is 1.34. The van der Waals surface area contributed by atoms with E-state index in [9.17, 15) is 5.11 Å². The number of anilines is 2. The maximum atomic E-state index is 9.25. The van der Waals surface area contributed by atoms with Crippen LogP contribution in [-0.4, -0.2) is 46.5 Å². The van der Waals surface area contributed by atoms with E-state index < -0.39 is 6.10 Å². The molecule has 6 nitrogen and oxygen atoms in total. The molecule has 0 amide bonds. The van der Waals surface area contributed by atoms with Gasteiger partial charge in [0.15, 0.2) is 0 Å². The van der Waals surface area contributed by atoms with Gasteiger partial charge in [0.1, 0.15) is 17.5 Å². The quantitative estimate of drug-likeness (QED) is 0.546. The molecule has 1 atom stereocenters. The molecule has 0 spiro atoms. The SMILES string of the molecule is CCCc1nc(NC)cc(NCC(O)CO)n1. The minimum atomic E-state index is -0.780. The summed E-state index contributed by atoms with van der Waals surface area (Å²) in [5.74, 6) is 2.16. The fourth-order valence-corrected chi connectivity index (χ4v) is 1.34. The molecular weight excluding hydrogens is 220 g/mol.